The van der Waals surface area contributed by atoms with Crippen molar-refractivity contribution in [1.82, 2.24) is 0 Å². The highest BCUT2D eigenvalue weighted by Gasteiger charge is 2.15. The number of halogens is 2. The summed E-state index contributed by atoms with van der Waals surface area (Å²) in [5.74, 6) is 1.16. The molecule has 0 aliphatic rings. The van der Waals surface area contributed by atoms with Gasteiger partial charge in [0.1, 0.15) is 29.2 Å². The Kier molecular flexibility index (Phi) is 5.58. The molecule has 2 rings (SSSR count). The molecule has 0 spiro atoms. The minimum atomic E-state index is -0.463. The van der Waals surface area contributed by atoms with E-state index in [1.54, 1.807) is 12.1 Å². The van der Waals surface area contributed by atoms with Crippen molar-refractivity contribution in [3.8, 4) is 11.5 Å². The Morgan fingerprint density at radius 1 is 1.00 bits per heavy atom. The van der Waals surface area contributed by atoms with Crippen LogP contribution < -0.4 is 9.47 Å². The molecule has 0 aliphatic carbocycles. The van der Waals surface area contributed by atoms with Crippen molar-refractivity contribution < 1.29 is 14.4 Å². The molecule has 21 heavy (non-hydrogen) atoms. The lowest BCUT2D eigenvalue weighted by molar-refractivity contribution is -0.385. The van der Waals surface area contributed by atoms with E-state index in [-0.39, 0.29) is 12.3 Å². The average molecular weight is 417 g/mol. The van der Waals surface area contributed by atoms with Crippen LogP contribution in [0, 0.1) is 10.1 Å². The Hall–Kier alpha value is -1.60. The highest BCUT2D eigenvalue weighted by molar-refractivity contribution is 9.11. The predicted octanol–water partition coefficient (Wildman–Crippen LogP) is 4.58. The summed E-state index contributed by atoms with van der Waals surface area (Å²) < 4.78 is 12.3. The van der Waals surface area contributed by atoms with E-state index in [4.69, 9.17) is 9.47 Å². The van der Waals surface area contributed by atoms with Crippen molar-refractivity contribution in [3.63, 3.8) is 0 Å². The van der Waals surface area contributed by atoms with E-state index >= 15 is 0 Å². The smallest absolute Gasteiger partial charge is 0.287 e. The van der Waals surface area contributed by atoms with E-state index in [0.29, 0.717) is 16.8 Å². The largest absolute Gasteiger partial charge is 0.490 e. The second-order valence-electron chi connectivity index (χ2n) is 4.00. The van der Waals surface area contributed by atoms with Crippen molar-refractivity contribution in [2.45, 2.75) is 0 Å². The van der Waals surface area contributed by atoms with Gasteiger partial charge in [0.2, 0.25) is 0 Å². The van der Waals surface area contributed by atoms with Crippen LogP contribution >= 0.6 is 31.9 Å². The minimum absolute atomic E-state index is 0.0265. The monoisotopic (exact) mass is 415 g/mol. The Morgan fingerprint density at radius 2 is 1.67 bits per heavy atom. The molecule has 0 saturated heterocycles. The third-order valence-electron chi connectivity index (χ3n) is 2.56. The molecule has 2 aromatic carbocycles. The van der Waals surface area contributed by atoms with Gasteiger partial charge in [0.05, 0.1) is 4.92 Å². The quantitative estimate of drug-likeness (QED) is 0.393. The van der Waals surface area contributed by atoms with E-state index in [1.807, 2.05) is 24.3 Å². The summed E-state index contributed by atoms with van der Waals surface area (Å²) in [6.45, 7) is 0.632. The van der Waals surface area contributed by atoms with Crippen LogP contribution in [0.5, 0.6) is 11.5 Å². The molecule has 0 heterocycles. The van der Waals surface area contributed by atoms with Crippen LogP contribution in [-0.4, -0.2) is 18.1 Å². The molecule has 110 valence electrons. The first kappa shape index (κ1) is 15.8. The summed E-state index contributed by atoms with van der Waals surface area (Å²) in [5.41, 5.74) is -0.0265. The Labute approximate surface area is 138 Å². The van der Waals surface area contributed by atoms with Gasteiger partial charge in [-0.25, -0.2) is 0 Å². The molecule has 0 unspecified atom stereocenters. The molecule has 0 N–H and O–H groups in total. The van der Waals surface area contributed by atoms with Crippen molar-refractivity contribution in [3.05, 3.63) is 61.5 Å². The first-order valence-electron chi connectivity index (χ1n) is 6.02. The Bertz CT molecular complexity index is 631. The predicted molar refractivity (Wildman–Crippen MR) is 85.9 cm³/mol. The molecule has 0 fully saturated rings. The molecule has 0 amide bonds. The summed E-state index contributed by atoms with van der Waals surface area (Å²) in [5, 5.41) is 10.8. The van der Waals surface area contributed by atoms with Gasteiger partial charge in [0.15, 0.2) is 0 Å². The third kappa shape index (κ3) is 4.44. The van der Waals surface area contributed by atoms with Crippen molar-refractivity contribution >= 4 is 37.5 Å². The SMILES string of the molecule is O=[N+]([O-])c1cccc(OCCOc2ccc(Br)cc2)c1Br. The average Bonchev–Trinajstić information content (AvgIpc) is 2.46. The van der Waals surface area contributed by atoms with Crippen LogP contribution in [0.3, 0.4) is 0 Å². The number of benzene rings is 2. The molecular weight excluding hydrogens is 406 g/mol. The van der Waals surface area contributed by atoms with Crippen LogP contribution in [0.1, 0.15) is 0 Å². The normalized spacial score (nSPS) is 10.2. The molecular formula is C14H11Br2NO4. The standard InChI is InChI=1S/C14H11Br2NO4/c15-10-4-6-11(7-5-10)20-8-9-21-13-3-1-2-12(14(13)16)17(18)19/h1-7H,8-9H2. The van der Waals surface area contributed by atoms with Gasteiger partial charge in [-0.3, -0.25) is 10.1 Å². The van der Waals surface area contributed by atoms with E-state index < -0.39 is 4.92 Å². The topological polar surface area (TPSA) is 61.6 Å². The molecule has 0 atom stereocenters. The maximum atomic E-state index is 10.8. The minimum Gasteiger partial charge on any atom is -0.490 e. The van der Waals surface area contributed by atoms with Crippen LogP contribution in [0.25, 0.3) is 0 Å². The molecule has 0 aliphatic heterocycles. The van der Waals surface area contributed by atoms with E-state index in [0.717, 1.165) is 10.2 Å². The molecule has 0 aromatic heterocycles. The zero-order chi connectivity index (χ0) is 15.2. The number of ether oxygens (including phenoxy) is 2. The van der Waals surface area contributed by atoms with Gasteiger partial charge < -0.3 is 9.47 Å². The lowest BCUT2D eigenvalue weighted by Crippen LogP contribution is -2.09. The fourth-order valence-electron chi connectivity index (χ4n) is 1.59. The molecule has 0 saturated carbocycles. The van der Waals surface area contributed by atoms with E-state index in [9.17, 15) is 10.1 Å². The zero-order valence-corrected chi connectivity index (χ0v) is 14.0. The van der Waals surface area contributed by atoms with Gasteiger partial charge in [-0.05, 0) is 46.3 Å². The molecule has 7 heteroatoms. The highest BCUT2D eigenvalue weighted by Crippen LogP contribution is 2.33. The van der Waals surface area contributed by atoms with Crippen LogP contribution in [0.15, 0.2) is 51.4 Å². The highest BCUT2D eigenvalue weighted by atomic mass is 79.9. The first-order valence-corrected chi connectivity index (χ1v) is 7.60. The summed E-state index contributed by atoms with van der Waals surface area (Å²) in [4.78, 5) is 10.3. The van der Waals surface area contributed by atoms with Crippen molar-refractivity contribution in [2.75, 3.05) is 13.2 Å². The zero-order valence-electron chi connectivity index (χ0n) is 10.8. The maximum absolute atomic E-state index is 10.8. The number of hydrogen-bond acceptors (Lipinski definition) is 4. The van der Waals surface area contributed by atoms with E-state index in [1.165, 1.54) is 6.07 Å². The van der Waals surface area contributed by atoms with Crippen molar-refractivity contribution in [2.24, 2.45) is 0 Å². The molecule has 0 bridgehead atoms. The van der Waals surface area contributed by atoms with Gasteiger partial charge in [-0.1, -0.05) is 22.0 Å². The maximum Gasteiger partial charge on any atom is 0.287 e. The van der Waals surface area contributed by atoms with Gasteiger partial charge in [-0.2, -0.15) is 0 Å². The number of nitrogens with zero attached hydrogens (tertiary/aromatic N) is 1. The number of rotatable bonds is 6. The fourth-order valence-corrected chi connectivity index (χ4v) is 2.38. The summed E-state index contributed by atoms with van der Waals surface area (Å²) >= 11 is 6.52. The molecule has 2 aromatic rings. The molecule has 0 radical (unpaired) electrons. The second kappa shape index (κ2) is 7.42. The number of nitro benzene ring substituents is 1. The lowest BCUT2D eigenvalue weighted by atomic mass is 10.3. The van der Waals surface area contributed by atoms with Gasteiger partial charge in [0, 0.05) is 10.5 Å². The molecule has 5 nitrogen and oxygen atoms in total. The summed E-state index contributed by atoms with van der Waals surface area (Å²) in [6.07, 6.45) is 0. The van der Waals surface area contributed by atoms with Gasteiger partial charge >= 0.3 is 0 Å². The van der Waals surface area contributed by atoms with Crippen molar-refractivity contribution in [1.29, 1.82) is 0 Å². The summed E-state index contributed by atoms with van der Waals surface area (Å²) in [7, 11) is 0. The van der Waals surface area contributed by atoms with Gasteiger partial charge in [0.25, 0.3) is 5.69 Å². The van der Waals surface area contributed by atoms with Crippen LogP contribution in [0.4, 0.5) is 5.69 Å². The fraction of sp³-hybridized carbons (Fsp3) is 0.143. The lowest BCUT2D eigenvalue weighted by Gasteiger charge is -2.09. The Balaban J connectivity index is 1.88. The van der Waals surface area contributed by atoms with Gasteiger partial charge in [-0.15, -0.1) is 0 Å². The Morgan fingerprint density at radius 3 is 2.33 bits per heavy atom. The summed E-state index contributed by atoms with van der Waals surface area (Å²) in [6, 6.07) is 12.1. The van der Waals surface area contributed by atoms with Crippen LogP contribution in [-0.2, 0) is 0 Å². The third-order valence-corrected chi connectivity index (χ3v) is 3.89. The number of hydrogen-bond donors (Lipinski definition) is 0. The first-order chi connectivity index (χ1) is 10.1. The second-order valence-corrected chi connectivity index (χ2v) is 5.71. The number of nitro groups is 1. The van der Waals surface area contributed by atoms with E-state index in [2.05, 4.69) is 31.9 Å². The van der Waals surface area contributed by atoms with Crippen LogP contribution in [0.2, 0.25) is 0 Å².